The Kier molecular flexibility index (Phi) is 2.89. The first-order valence-corrected chi connectivity index (χ1v) is 7.72. The molecule has 1 heterocycles. The van der Waals surface area contributed by atoms with Crippen molar-refractivity contribution >= 4 is 39.1 Å². The van der Waals surface area contributed by atoms with Crippen molar-refractivity contribution in [1.82, 2.24) is 4.98 Å². The van der Waals surface area contributed by atoms with E-state index < -0.39 is 5.97 Å². The lowest BCUT2D eigenvalue weighted by Crippen LogP contribution is -2.22. The Morgan fingerprint density at radius 2 is 1.87 bits per heavy atom. The number of benzene rings is 2. The zero-order valence-corrected chi connectivity index (χ0v) is 12.8. The van der Waals surface area contributed by atoms with Gasteiger partial charge in [-0.05, 0) is 18.2 Å². The molecule has 2 aromatic carbocycles. The van der Waals surface area contributed by atoms with Crippen LogP contribution in [-0.4, -0.2) is 22.5 Å². The smallest absolute Gasteiger partial charge is 0.308 e. The number of esters is 1. The van der Waals surface area contributed by atoms with Crippen molar-refractivity contribution < 1.29 is 19.1 Å². The normalized spacial score (nSPS) is 12.9. The Balaban J connectivity index is 1.99. The molecule has 0 saturated carbocycles. The van der Waals surface area contributed by atoms with E-state index in [-0.39, 0.29) is 28.4 Å². The summed E-state index contributed by atoms with van der Waals surface area (Å²) >= 11 is 1.40. The number of hydrogen-bond acceptors (Lipinski definition) is 6. The van der Waals surface area contributed by atoms with Crippen molar-refractivity contribution in [2.75, 3.05) is 0 Å². The summed E-state index contributed by atoms with van der Waals surface area (Å²) in [6.45, 7) is 1.25. The summed E-state index contributed by atoms with van der Waals surface area (Å²) in [4.78, 5) is 41.0. The van der Waals surface area contributed by atoms with E-state index in [2.05, 4.69) is 4.98 Å². The zero-order chi connectivity index (χ0) is 16.1. The van der Waals surface area contributed by atoms with Crippen LogP contribution in [0.1, 0.15) is 38.8 Å². The molecule has 0 fully saturated rings. The first kappa shape index (κ1) is 13.8. The molecule has 0 N–H and O–H groups in total. The van der Waals surface area contributed by atoms with Gasteiger partial charge in [0, 0.05) is 23.6 Å². The molecule has 0 radical (unpaired) electrons. The number of rotatable bonds is 1. The average Bonchev–Trinajstić information content (AvgIpc) is 2.98. The van der Waals surface area contributed by atoms with Crippen LogP contribution < -0.4 is 4.74 Å². The summed E-state index contributed by atoms with van der Waals surface area (Å²) in [6, 6.07) is 7.99. The Labute approximate surface area is 134 Å². The van der Waals surface area contributed by atoms with Crippen LogP contribution in [0.2, 0.25) is 0 Å². The number of carbonyl (C=O) groups is 3. The minimum Gasteiger partial charge on any atom is -0.426 e. The number of hydrogen-bond donors (Lipinski definition) is 0. The monoisotopic (exact) mass is 323 g/mol. The lowest BCUT2D eigenvalue weighted by Gasteiger charge is -2.19. The lowest BCUT2D eigenvalue weighted by atomic mass is 9.83. The standard InChI is InChI=1S/C17H9NO4S/c1-8(19)22-13-4-2-3-9-15(13)17(21)11-6-14-12(18-7-23-14)5-10(11)16(9)20/h2-7H,1H3. The van der Waals surface area contributed by atoms with E-state index in [1.807, 2.05) is 0 Å². The molecule has 0 bridgehead atoms. The Hall–Kier alpha value is -2.86. The molecule has 6 heteroatoms. The predicted octanol–water partition coefficient (Wildman–Crippen LogP) is 3.00. The van der Waals surface area contributed by atoms with Gasteiger partial charge in [-0.2, -0.15) is 0 Å². The maximum absolute atomic E-state index is 12.9. The summed E-state index contributed by atoms with van der Waals surface area (Å²) < 4.78 is 5.93. The van der Waals surface area contributed by atoms with Crippen molar-refractivity contribution in [3.05, 3.63) is 58.1 Å². The number of fused-ring (bicyclic) bond motifs is 3. The van der Waals surface area contributed by atoms with Crippen LogP contribution in [0.15, 0.2) is 35.8 Å². The number of aromatic nitrogens is 1. The zero-order valence-electron chi connectivity index (χ0n) is 12.0. The van der Waals surface area contributed by atoms with Gasteiger partial charge in [0.05, 0.1) is 21.3 Å². The van der Waals surface area contributed by atoms with E-state index in [0.717, 1.165) is 4.70 Å². The number of carbonyl (C=O) groups excluding carboxylic acids is 3. The SMILES string of the molecule is CC(=O)Oc1cccc2c1C(=O)c1cc3scnc3cc1C2=O. The maximum atomic E-state index is 12.9. The lowest BCUT2D eigenvalue weighted by molar-refractivity contribution is -0.131. The van der Waals surface area contributed by atoms with E-state index in [1.54, 1.807) is 29.8 Å². The van der Waals surface area contributed by atoms with Crippen molar-refractivity contribution in [2.45, 2.75) is 6.92 Å². The predicted molar refractivity (Wildman–Crippen MR) is 84.2 cm³/mol. The molecular weight excluding hydrogens is 314 g/mol. The van der Waals surface area contributed by atoms with Gasteiger partial charge in [-0.1, -0.05) is 12.1 Å². The molecule has 1 aliphatic rings. The second-order valence-corrected chi connectivity index (χ2v) is 6.03. The van der Waals surface area contributed by atoms with Crippen molar-refractivity contribution in [3.8, 4) is 5.75 Å². The van der Waals surface area contributed by atoms with Crippen LogP contribution in [-0.2, 0) is 4.79 Å². The fraction of sp³-hybridized carbons (Fsp3) is 0.0588. The van der Waals surface area contributed by atoms with Gasteiger partial charge in [0.1, 0.15) is 5.75 Å². The Bertz CT molecular complexity index is 1020. The van der Waals surface area contributed by atoms with E-state index in [4.69, 9.17) is 4.74 Å². The Morgan fingerprint density at radius 1 is 1.09 bits per heavy atom. The van der Waals surface area contributed by atoms with Crippen molar-refractivity contribution in [3.63, 3.8) is 0 Å². The van der Waals surface area contributed by atoms with Crippen molar-refractivity contribution in [1.29, 1.82) is 0 Å². The third-order valence-electron chi connectivity index (χ3n) is 3.71. The third-order valence-corrected chi connectivity index (χ3v) is 4.50. The fourth-order valence-electron chi connectivity index (χ4n) is 2.75. The highest BCUT2D eigenvalue weighted by molar-refractivity contribution is 7.16. The minimum absolute atomic E-state index is 0.114. The Morgan fingerprint density at radius 3 is 2.65 bits per heavy atom. The first-order chi connectivity index (χ1) is 11.1. The summed E-state index contributed by atoms with van der Waals surface area (Å²) in [5.74, 6) is -1.01. The molecular formula is C17H9NO4S. The average molecular weight is 323 g/mol. The summed E-state index contributed by atoms with van der Waals surface area (Å²) in [7, 11) is 0. The van der Waals surface area contributed by atoms with Gasteiger partial charge in [0.2, 0.25) is 0 Å². The van der Waals surface area contributed by atoms with E-state index in [9.17, 15) is 14.4 Å². The molecule has 3 aromatic rings. The number of nitrogens with zero attached hydrogens (tertiary/aromatic N) is 1. The van der Waals surface area contributed by atoms with Gasteiger partial charge in [0.25, 0.3) is 0 Å². The van der Waals surface area contributed by atoms with Gasteiger partial charge in [-0.15, -0.1) is 11.3 Å². The molecule has 5 nitrogen and oxygen atoms in total. The van der Waals surface area contributed by atoms with E-state index in [0.29, 0.717) is 16.6 Å². The quantitative estimate of drug-likeness (QED) is 0.398. The van der Waals surface area contributed by atoms with Crippen LogP contribution in [0.3, 0.4) is 0 Å². The maximum Gasteiger partial charge on any atom is 0.308 e. The van der Waals surface area contributed by atoms with Gasteiger partial charge >= 0.3 is 5.97 Å². The molecule has 1 aromatic heterocycles. The molecule has 112 valence electrons. The van der Waals surface area contributed by atoms with Gasteiger partial charge in [0.15, 0.2) is 11.6 Å². The van der Waals surface area contributed by atoms with E-state index >= 15 is 0 Å². The molecule has 0 spiro atoms. The van der Waals surface area contributed by atoms with Crippen LogP contribution in [0.25, 0.3) is 10.2 Å². The molecule has 4 rings (SSSR count). The molecule has 23 heavy (non-hydrogen) atoms. The van der Waals surface area contributed by atoms with Crippen LogP contribution >= 0.6 is 11.3 Å². The second-order valence-electron chi connectivity index (χ2n) is 5.15. The second kappa shape index (κ2) is 4.82. The van der Waals surface area contributed by atoms with E-state index in [1.165, 1.54) is 24.3 Å². The number of thiazole rings is 1. The molecule has 0 saturated heterocycles. The molecule has 0 atom stereocenters. The topological polar surface area (TPSA) is 73.3 Å². The van der Waals surface area contributed by atoms with Crippen LogP contribution in [0.4, 0.5) is 0 Å². The third kappa shape index (κ3) is 1.99. The highest BCUT2D eigenvalue weighted by Gasteiger charge is 2.33. The molecule has 0 unspecified atom stereocenters. The summed E-state index contributed by atoms with van der Waals surface area (Å²) in [5.41, 5.74) is 3.40. The van der Waals surface area contributed by atoms with Gasteiger partial charge in [-0.25, -0.2) is 4.98 Å². The van der Waals surface area contributed by atoms with Gasteiger partial charge < -0.3 is 4.74 Å². The van der Waals surface area contributed by atoms with Crippen LogP contribution in [0, 0.1) is 0 Å². The minimum atomic E-state index is -0.539. The summed E-state index contributed by atoms with van der Waals surface area (Å²) in [5, 5.41) is 0. The number of ether oxygens (including phenoxy) is 1. The highest BCUT2D eigenvalue weighted by Crippen LogP contribution is 2.35. The van der Waals surface area contributed by atoms with Crippen LogP contribution in [0.5, 0.6) is 5.75 Å². The number of ketones is 2. The highest BCUT2D eigenvalue weighted by atomic mass is 32.1. The van der Waals surface area contributed by atoms with Crippen molar-refractivity contribution in [2.24, 2.45) is 0 Å². The fourth-order valence-corrected chi connectivity index (χ4v) is 3.45. The molecule has 0 aliphatic heterocycles. The molecule has 0 amide bonds. The van der Waals surface area contributed by atoms with Gasteiger partial charge in [-0.3, -0.25) is 14.4 Å². The molecule has 1 aliphatic carbocycles. The first-order valence-electron chi connectivity index (χ1n) is 6.84. The summed E-state index contributed by atoms with van der Waals surface area (Å²) in [6.07, 6.45) is 0. The largest absolute Gasteiger partial charge is 0.426 e.